The minimum atomic E-state index is -0.899. The van der Waals surface area contributed by atoms with Gasteiger partial charge < -0.3 is 15.8 Å². The first-order chi connectivity index (χ1) is 9.72. The third-order valence-corrected chi connectivity index (χ3v) is 5.52. The number of rotatable bonds is 4. The number of nitrogens with two attached hydrogens (primary N) is 1. The summed E-state index contributed by atoms with van der Waals surface area (Å²) < 4.78 is 6.62. The van der Waals surface area contributed by atoms with Gasteiger partial charge in [0.05, 0.1) is 6.10 Å². The zero-order valence-corrected chi connectivity index (χ0v) is 14.6. The predicted molar refractivity (Wildman–Crippen MR) is 88.2 cm³/mol. The van der Waals surface area contributed by atoms with Gasteiger partial charge in [-0.05, 0) is 31.5 Å². The first-order valence-corrected chi connectivity index (χ1v) is 7.99. The van der Waals surface area contributed by atoms with Crippen LogP contribution in [-0.4, -0.2) is 24.2 Å². The lowest BCUT2D eigenvalue weighted by molar-refractivity contribution is -0.166. The van der Waals surface area contributed by atoms with Crippen LogP contribution >= 0.6 is 15.9 Å². The number of carbonyl (C=O) groups is 1. The molecule has 0 spiro atoms. The summed E-state index contributed by atoms with van der Waals surface area (Å²) in [7, 11) is 0. The van der Waals surface area contributed by atoms with Crippen LogP contribution in [-0.2, 0) is 9.53 Å². The van der Waals surface area contributed by atoms with Crippen molar-refractivity contribution in [3.63, 3.8) is 0 Å². The van der Waals surface area contributed by atoms with E-state index in [1.807, 2.05) is 45.9 Å². The van der Waals surface area contributed by atoms with E-state index in [-0.39, 0.29) is 17.4 Å². The second kappa shape index (κ2) is 5.71. The van der Waals surface area contributed by atoms with Crippen LogP contribution < -0.4 is 11.1 Å². The monoisotopic (exact) mass is 354 g/mol. The Labute approximate surface area is 134 Å². The van der Waals surface area contributed by atoms with Crippen molar-refractivity contribution in [1.82, 2.24) is 0 Å². The smallest absolute Gasteiger partial charge is 0.245 e. The van der Waals surface area contributed by atoms with E-state index >= 15 is 0 Å². The fourth-order valence-electron chi connectivity index (χ4n) is 2.73. The van der Waals surface area contributed by atoms with Crippen LogP contribution in [0, 0.1) is 12.3 Å². The first kappa shape index (κ1) is 16.5. The number of aryl methyl sites for hydroxylation is 1. The molecule has 5 heteroatoms. The molecule has 1 aromatic carbocycles. The van der Waals surface area contributed by atoms with E-state index in [9.17, 15) is 4.79 Å². The highest BCUT2D eigenvalue weighted by atomic mass is 79.9. The molecule has 4 nitrogen and oxygen atoms in total. The average Bonchev–Trinajstić information content (AvgIpc) is 2.42. The number of hydrogen-bond donors (Lipinski definition) is 2. The summed E-state index contributed by atoms with van der Waals surface area (Å²) in [5, 5.41) is 2.92. The van der Waals surface area contributed by atoms with E-state index in [0.29, 0.717) is 13.0 Å². The van der Waals surface area contributed by atoms with Gasteiger partial charge in [0.25, 0.3) is 0 Å². The van der Waals surface area contributed by atoms with Gasteiger partial charge >= 0.3 is 0 Å². The fraction of sp³-hybridized carbons (Fsp3) is 0.562. The van der Waals surface area contributed by atoms with Crippen LogP contribution in [0.5, 0.6) is 0 Å². The van der Waals surface area contributed by atoms with E-state index < -0.39 is 5.54 Å². The van der Waals surface area contributed by atoms with Crippen LogP contribution in [0.1, 0.15) is 32.8 Å². The van der Waals surface area contributed by atoms with Crippen LogP contribution in [0.4, 0.5) is 5.69 Å². The van der Waals surface area contributed by atoms with Gasteiger partial charge in [0.2, 0.25) is 5.91 Å². The van der Waals surface area contributed by atoms with Crippen LogP contribution in [0.2, 0.25) is 0 Å². The number of benzene rings is 1. The average molecular weight is 355 g/mol. The fourth-order valence-corrected chi connectivity index (χ4v) is 3.11. The molecular weight excluding hydrogens is 332 g/mol. The number of ether oxygens (including phenoxy) is 1. The van der Waals surface area contributed by atoms with Gasteiger partial charge in [-0.15, -0.1) is 0 Å². The van der Waals surface area contributed by atoms with Gasteiger partial charge in [0.1, 0.15) is 5.54 Å². The predicted octanol–water partition coefficient (Wildman–Crippen LogP) is 3.23. The molecule has 0 bridgehead atoms. The van der Waals surface area contributed by atoms with Gasteiger partial charge in [0.15, 0.2) is 0 Å². The van der Waals surface area contributed by atoms with Crippen LogP contribution in [0.3, 0.4) is 0 Å². The first-order valence-electron chi connectivity index (χ1n) is 7.20. The second-order valence-corrected chi connectivity index (χ2v) is 7.11. The van der Waals surface area contributed by atoms with Crippen molar-refractivity contribution >= 4 is 27.5 Å². The van der Waals surface area contributed by atoms with Gasteiger partial charge in [-0.1, -0.05) is 35.8 Å². The second-order valence-electron chi connectivity index (χ2n) is 6.26. The van der Waals surface area contributed by atoms with Gasteiger partial charge in [-0.2, -0.15) is 0 Å². The summed E-state index contributed by atoms with van der Waals surface area (Å²) in [6.07, 6.45) is 0.579. The van der Waals surface area contributed by atoms with E-state index in [1.54, 1.807) is 0 Å². The Bertz CT molecular complexity index is 559. The Morgan fingerprint density at radius 3 is 2.71 bits per heavy atom. The molecule has 116 valence electrons. The summed E-state index contributed by atoms with van der Waals surface area (Å²) in [6.45, 7) is 8.57. The number of nitrogens with one attached hydrogen (secondary N) is 1. The normalized spacial score (nSPS) is 27.0. The van der Waals surface area contributed by atoms with E-state index in [1.165, 1.54) is 0 Å². The summed E-state index contributed by atoms with van der Waals surface area (Å²) in [5.74, 6) is -0.154. The van der Waals surface area contributed by atoms with E-state index in [4.69, 9.17) is 10.5 Å². The molecule has 1 fully saturated rings. The minimum Gasteiger partial charge on any atom is -0.378 e. The number of halogens is 1. The maximum atomic E-state index is 12.6. The minimum absolute atomic E-state index is 0.0306. The van der Waals surface area contributed by atoms with Crippen molar-refractivity contribution in [3.8, 4) is 0 Å². The van der Waals surface area contributed by atoms with Crippen molar-refractivity contribution in [2.45, 2.75) is 45.8 Å². The Morgan fingerprint density at radius 2 is 2.19 bits per heavy atom. The number of hydrogen-bond acceptors (Lipinski definition) is 3. The lowest BCUT2D eigenvalue weighted by atomic mass is 9.54. The summed E-state index contributed by atoms with van der Waals surface area (Å²) >= 11 is 3.47. The van der Waals surface area contributed by atoms with Crippen LogP contribution in [0.25, 0.3) is 0 Å². The molecule has 2 unspecified atom stereocenters. The number of carbonyl (C=O) groups excluding carboxylic acids is 1. The molecule has 0 heterocycles. The molecule has 1 saturated carbocycles. The maximum Gasteiger partial charge on any atom is 0.245 e. The lowest BCUT2D eigenvalue weighted by Gasteiger charge is -2.57. The molecule has 21 heavy (non-hydrogen) atoms. The molecule has 0 saturated heterocycles. The third kappa shape index (κ3) is 2.74. The van der Waals surface area contributed by atoms with Crippen molar-refractivity contribution in [2.24, 2.45) is 11.1 Å². The molecule has 1 aliphatic carbocycles. The summed E-state index contributed by atoms with van der Waals surface area (Å²) in [4.78, 5) is 12.6. The van der Waals surface area contributed by atoms with Gasteiger partial charge in [-0.3, -0.25) is 4.79 Å². The number of amides is 1. The Balaban J connectivity index is 2.12. The molecule has 3 N–H and O–H groups in total. The largest absolute Gasteiger partial charge is 0.378 e. The highest BCUT2D eigenvalue weighted by Gasteiger charge is 2.62. The molecule has 1 aliphatic rings. The molecule has 0 aliphatic heterocycles. The Morgan fingerprint density at radius 1 is 1.52 bits per heavy atom. The van der Waals surface area contributed by atoms with Crippen molar-refractivity contribution in [2.75, 3.05) is 11.9 Å². The summed E-state index contributed by atoms with van der Waals surface area (Å²) in [5.41, 5.74) is 6.95. The van der Waals surface area contributed by atoms with E-state index in [0.717, 1.165) is 15.7 Å². The van der Waals surface area contributed by atoms with Crippen molar-refractivity contribution < 1.29 is 9.53 Å². The quantitative estimate of drug-likeness (QED) is 0.872. The van der Waals surface area contributed by atoms with E-state index in [2.05, 4.69) is 21.2 Å². The highest BCUT2D eigenvalue weighted by Crippen LogP contribution is 2.50. The molecule has 1 aromatic rings. The molecule has 0 aromatic heterocycles. The van der Waals surface area contributed by atoms with Crippen molar-refractivity contribution in [3.05, 3.63) is 28.2 Å². The molecule has 2 atom stereocenters. The maximum absolute atomic E-state index is 12.6. The summed E-state index contributed by atoms with van der Waals surface area (Å²) in [6, 6.07) is 5.73. The zero-order chi connectivity index (χ0) is 15.8. The highest BCUT2D eigenvalue weighted by molar-refractivity contribution is 9.10. The Kier molecular flexibility index (Phi) is 4.47. The molecule has 2 rings (SSSR count). The SMILES string of the molecule is CCOC1CC(N)(C(=O)Nc2ccc(C)c(Br)c2)C1(C)C. The zero-order valence-electron chi connectivity index (χ0n) is 13.0. The molecule has 1 amide bonds. The van der Waals surface area contributed by atoms with Crippen molar-refractivity contribution in [1.29, 1.82) is 0 Å². The third-order valence-electron chi connectivity index (χ3n) is 4.66. The lowest BCUT2D eigenvalue weighted by Crippen LogP contribution is -2.74. The Hall–Kier alpha value is -0.910. The van der Waals surface area contributed by atoms with Crippen LogP contribution in [0.15, 0.2) is 22.7 Å². The standard InChI is InChI=1S/C16H23BrN2O2/c1-5-21-13-9-16(18,15(13,3)4)14(20)19-11-7-6-10(2)12(17)8-11/h6-8,13H,5,9,18H2,1-4H3,(H,19,20). The number of anilines is 1. The molecule has 0 radical (unpaired) electrons. The molecular formula is C16H23BrN2O2. The topological polar surface area (TPSA) is 64.3 Å². The van der Waals surface area contributed by atoms with Gasteiger partial charge in [0, 0.05) is 28.6 Å². The van der Waals surface area contributed by atoms with Gasteiger partial charge in [-0.25, -0.2) is 0 Å².